The van der Waals surface area contributed by atoms with E-state index in [4.69, 9.17) is 11.6 Å². The molecule has 2 aromatic rings. The molecule has 1 atom stereocenters. The van der Waals surface area contributed by atoms with E-state index in [1.165, 1.54) is 12.1 Å². The second kappa shape index (κ2) is 6.34. The van der Waals surface area contributed by atoms with Gasteiger partial charge >= 0.3 is 0 Å². The number of halogens is 2. The van der Waals surface area contributed by atoms with E-state index in [9.17, 15) is 9.50 Å². The van der Waals surface area contributed by atoms with E-state index in [1.807, 2.05) is 4.90 Å². The van der Waals surface area contributed by atoms with Gasteiger partial charge in [0.05, 0.1) is 12.4 Å². The molecule has 2 heterocycles. The minimum absolute atomic E-state index is 0.259. The van der Waals surface area contributed by atoms with E-state index >= 15 is 0 Å². The molecule has 0 fully saturated rings. The van der Waals surface area contributed by atoms with Crippen molar-refractivity contribution in [2.24, 2.45) is 0 Å². The smallest absolute Gasteiger partial charge is 0.129 e. The van der Waals surface area contributed by atoms with Gasteiger partial charge in [0, 0.05) is 18.9 Å². The highest BCUT2D eigenvalue weighted by Gasteiger charge is 2.23. The van der Waals surface area contributed by atoms with E-state index in [-0.39, 0.29) is 5.82 Å². The summed E-state index contributed by atoms with van der Waals surface area (Å²) in [5.41, 5.74) is 2.39. The first-order valence-corrected chi connectivity index (χ1v) is 7.23. The highest BCUT2D eigenvalue weighted by molar-refractivity contribution is 6.29. The first kappa shape index (κ1) is 14.8. The van der Waals surface area contributed by atoms with Gasteiger partial charge < -0.3 is 15.3 Å². The van der Waals surface area contributed by atoms with Crippen LogP contribution in [-0.4, -0.2) is 21.7 Å². The summed E-state index contributed by atoms with van der Waals surface area (Å²) in [7, 11) is 0. The average Bonchev–Trinajstić information content (AvgIpc) is 2.97. The quantitative estimate of drug-likeness (QED) is 0.851. The monoisotopic (exact) mass is 319 g/mol. The molecule has 0 aliphatic carbocycles. The number of nitrogens with zero attached hydrogens (tertiary/aromatic N) is 2. The van der Waals surface area contributed by atoms with Crippen molar-refractivity contribution in [1.29, 1.82) is 0 Å². The van der Waals surface area contributed by atoms with E-state index in [1.54, 1.807) is 36.7 Å². The number of nitrogens with one attached hydrogen (secondary N) is 1. The molecule has 4 nitrogen and oxygen atoms in total. The fourth-order valence-corrected chi connectivity index (χ4v) is 2.59. The lowest BCUT2D eigenvalue weighted by atomic mass is 10.1. The van der Waals surface area contributed by atoms with Crippen molar-refractivity contribution in [3.8, 4) is 0 Å². The highest BCUT2D eigenvalue weighted by atomic mass is 35.5. The van der Waals surface area contributed by atoms with Gasteiger partial charge in [0.1, 0.15) is 17.1 Å². The summed E-state index contributed by atoms with van der Waals surface area (Å²) in [6.45, 7) is 1.16. The fraction of sp³-hybridized carbons (Fsp3) is 0.188. The van der Waals surface area contributed by atoms with E-state index in [0.29, 0.717) is 23.9 Å². The summed E-state index contributed by atoms with van der Waals surface area (Å²) in [4.78, 5) is 5.91. The van der Waals surface area contributed by atoms with Crippen molar-refractivity contribution in [1.82, 2.24) is 15.2 Å². The molecule has 0 saturated heterocycles. The Labute approximate surface area is 132 Å². The standard InChI is InChI=1S/C16H15ClFN3O/c17-15-7-12(5-6-20-15)16(22)14-8-19-10-21(14)9-11-1-3-13(18)4-2-11/h1-8,16,19,22H,9-10H2. The lowest BCUT2D eigenvalue weighted by molar-refractivity contribution is 0.168. The van der Waals surface area contributed by atoms with Gasteiger partial charge in [-0.2, -0.15) is 0 Å². The SMILES string of the molecule is OC(C1=CNCN1Cc1ccc(F)cc1)c1ccnc(Cl)c1. The molecule has 1 unspecified atom stereocenters. The van der Waals surface area contributed by atoms with Crippen molar-refractivity contribution < 1.29 is 9.50 Å². The van der Waals surface area contributed by atoms with Gasteiger partial charge in [-0.05, 0) is 35.4 Å². The summed E-state index contributed by atoms with van der Waals surface area (Å²) < 4.78 is 13.0. The number of aliphatic hydroxyl groups excluding tert-OH is 1. The zero-order chi connectivity index (χ0) is 15.5. The second-order valence-corrected chi connectivity index (χ2v) is 5.46. The number of hydrogen-bond acceptors (Lipinski definition) is 4. The average molecular weight is 320 g/mol. The predicted molar refractivity (Wildman–Crippen MR) is 82.2 cm³/mol. The topological polar surface area (TPSA) is 48.4 Å². The Morgan fingerprint density at radius 1 is 1.32 bits per heavy atom. The Kier molecular flexibility index (Phi) is 4.27. The van der Waals surface area contributed by atoms with Crippen LogP contribution in [0, 0.1) is 5.82 Å². The van der Waals surface area contributed by atoms with Gasteiger partial charge in [-0.25, -0.2) is 9.37 Å². The summed E-state index contributed by atoms with van der Waals surface area (Å²) in [5, 5.41) is 14.0. The Hall–Kier alpha value is -2.11. The van der Waals surface area contributed by atoms with Crippen molar-refractivity contribution >= 4 is 11.6 Å². The van der Waals surface area contributed by atoms with Crippen LogP contribution >= 0.6 is 11.6 Å². The van der Waals surface area contributed by atoms with Crippen LogP contribution in [0.4, 0.5) is 4.39 Å². The van der Waals surface area contributed by atoms with E-state index in [0.717, 1.165) is 11.3 Å². The third-order valence-electron chi connectivity index (χ3n) is 3.53. The summed E-state index contributed by atoms with van der Waals surface area (Å²) >= 11 is 5.87. The van der Waals surface area contributed by atoms with Crippen LogP contribution in [0.5, 0.6) is 0 Å². The zero-order valence-corrected chi connectivity index (χ0v) is 12.5. The second-order valence-electron chi connectivity index (χ2n) is 5.07. The Morgan fingerprint density at radius 2 is 2.09 bits per heavy atom. The molecule has 1 aliphatic heterocycles. The van der Waals surface area contributed by atoms with Crippen LogP contribution < -0.4 is 5.32 Å². The number of hydrogen-bond donors (Lipinski definition) is 2. The Bertz CT molecular complexity index is 690. The van der Waals surface area contributed by atoms with Crippen LogP contribution in [-0.2, 0) is 6.54 Å². The van der Waals surface area contributed by atoms with E-state index < -0.39 is 6.10 Å². The predicted octanol–water partition coefficient (Wildman–Crippen LogP) is 2.81. The number of aromatic nitrogens is 1. The van der Waals surface area contributed by atoms with Gasteiger partial charge in [0.15, 0.2) is 0 Å². The molecular formula is C16H15ClFN3O. The molecule has 0 saturated carbocycles. The first-order chi connectivity index (χ1) is 10.6. The summed E-state index contributed by atoms with van der Waals surface area (Å²) in [6, 6.07) is 9.71. The minimum Gasteiger partial charge on any atom is -0.382 e. The van der Waals surface area contributed by atoms with Gasteiger partial charge in [-0.15, -0.1) is 0 Å². The van der Waals surface area contributed by atoms with Crippen LogP contribution in [0.15, 0.2) is 54.5 Å². The molecule has 1 aromatic carbocycles. The number of aliphatic hydroxyl groups is 1. The molecule has 6 heteroatoms. The molecule has 3 rings (SSSR count). The third kappa shape index (κ3) is 3.21. The maximum absolute atomic E-state index is 13.0. The molecule has 114 valence electrons. The number of rotatable bonds is 4. The first-order valence-electron chi connectivity index (χ1n) is 6.86. The van der Waals surface area contributed by atoms with Gasteiger partial charge in [-0.1, -0.05) is 23.7 Å². The molecule has 0 bridgehead atoms. The van der Waals surface area contributed by atoms with Crippen molar-refractivity contribution in [2.45, 2.75) is 12.6 Å². The molecule has 1 aromatic heterocycles. The molecular weight excluding hydrogens is 305 g/mol. The van der Waals surface area contributed by atoms with Crippen LogP contribution in [0.1, 0.15) is 17.2 Å². The maximum atomic E-state index is 13.0. The van der Waals surface area contributed by atoms with Gasteiger partial charge in [-0.3, -0.25) is 0 Å². The molecule has 0 amide bonds. The lowest BCUT2D eigenvalue weighted by Crippen LogP contribution is -2.26. The zero-order valence-electron chi connectivity index (χ0n) is 11.7. The third-order valence-corrected chi connectivity index (χ3v) is 3.74. The van der Waals surface area contributed by atoms with Crippen LogP contribution in [0.2, 0.25) is 5.15 Å². The highest BCUT2D eigenvalue weighted by Crippen LogP contribution is 2.28. The molecule has 0 spiro atoms. The maximum Gasteiger partial charge on any atom is 0.129 e. The van der Waals surface area contributed by atoms with Gasteiger partial charge in [0.25, 0.3) is 0 Å². The van der Waals surface area contributed by atoms with Crippen LogP contribution in [0.25, 0.3) is 0 Å². The normalized spacial score (nSPS) is 15.4. The lowest BCUT2D eigenvalue weighted by Gasteiger charge is -2.25. The van der Waals surface area contributed by atoms with Crippen molar-refractivity contribution in [2.75, 3.05) is 6.67 Å². The minimum atomic E-state index is -0.795. The van der Waals surface area contributed by atoms with E-state index in [2.05, 4.69) is 10.3 Å². The number of benzene rings is 1. The van der Waals surface area contributed by atoms with Gasteiger partial charge in [0.2, 0.25) is 0 Å². The molecule has 22 heavy (non-hydrogen) atoms. The molecule has 0 radical (unpaired) electrons. The number of pyridine rings is 1. The largest absolute Gasteiger partial charge is 0.382 e. The Balaban J connectivity index is 1.76. The van der Waals surface area contributed by atoms with Crippen molar-refractivity contribution in [3.63, 3.8) is 0 Å². The Morgan fingerprint density at radius 3 is 2.82 bits per heavy atom. The van der Waals surface area contributed by atoms with Crippen LogP contribution in [0.3, 0.4) is 0 Å². The molecule has 1 aliphatic rings. The fourth-order valence-electron chi connectivity index (χ4n) is 2.41. The van der Waals surface area contributed by atoms with Crippen molar-refractivity contribution in [3.05, 3.63) is 76.6 Å². The summed E-state index contributed by atoms with van der Waals surface area (Å²) in [6.07, 6.45) is 2.55. The molecule has 2 N–H and O–H groups in total. The summed E-state index contributed by atoms with van der Waals surface area (Å²) in [5.74, 6) is -0.259.